The van der Waals surface area contributed by atoms with Crippen LogP contribution in [0.15, 0.2) is 0 Å². The minimum atomic E-state index is 1.32. The van der Waals surface area contributed by atoms with Crippen LogP contribution in [-0.4, -0.2) is 53.7 Å². The topological polar surface area (TPSA) is 0 Å². The summed E-state index contributed by atoms with van der Waals surface area (Å²) in [6, 6.07) is 0. The maximum Gasteiger partial charge on any atom is 0.0878 e. The third kappa shape index (κ3) is 4.03. The van der Waals surface area contributed by atoms with Crippen molar-refractivity contribution < 1.29 is 4.48 Å². The van der Waals surface area contributed by atoms with Crippen molar-refractivity contribution in [2.24, 2.45) is 0 Å². The van der Waals surface area contributed by atoms with Gasteiger partial charge in [-0.25, -0.2) is 0 Å². The number of rotatable bonds is 2. The molecule has 0 bridgehead atoms. The third-order valence-corrected chi connectivity index (χ3v) is 5.64. The standard InChI is InChI=1S/C11H24NS2/c1-3-12(4-2)6-5-8-13-10-11-14-9-7-12/h3-11H2,1-2H3/q+1. The highest BCUT2D eigenvalue weighted by atomic mass is 32.2. The second-order valence-corrected chi connectivity index (χ2v) is 6.45. The molecule has 0 aromatic rings. The van der Waals surface area contributed by atoms with E-state index < -0.39 is 0 Å². The summed E-state index contributed by atoms with van der Waals surface area (Å²) in [5.41, 5.74) is 0. The second kappa shape index (κ2) is 7.02. The zero-order valence-corrected chi connectivity index (χ0v) is 11.3. The van der Waals surface area contributed by atoms with Gasteiger partial charge < -0.3 is 4.48 Å². The first-order valence-electron chi connectivity index (χ1n) is 5.83. The number of quaternary nitrogens is 1. The first-order chi connectivity index (χ1) is 6.83. The van der Waals surface area contributed by atoms with E-state index in [1.54, 1.807) is 0 Å². The Morgan fingerprint density at radius 3 is 2.14 bits per heavy atom. The normalized spacial score (nSPS) is 24.4. The number of thioether (sulfide) groups is 2. The van der Waals surface area contributed by atoms with Crippen LogP contribution in [0.5, 0.6) is 0 Å². The predicted octanol–water partition coefficient (Wildman–Crippen LogP) is 2.71. The Kier molecular flexibility index (Phi) is 6.38. The van der Waals surface area contributed by atoms with Gasteiger partial charge in [0.25, 0.3) is 0 Å². The van der Waals surface area contributed by atoms with E-state index in [0.717, 1.165) is 0 Å². The maximum atomic E-state index is 2.35. The molecule has 1 fully saturated rings. The highest BCUT2D eigenvalue weighted by Gasteiger charge is 2.22. The van der Waals surface area contributed by atoms with E-state index >= 15 is 0 Å². The molecular formula is C11H24NS2+. The van der Waals surface area contributed by atoms with Crippen LogP contribution in [0.1, 0.15) is 20.3 Å². The minimum Gasteiger partial charge on any atom is -0.323 e. The smallest absolute Gasteiger partial charge is 0.0878 e. The number of hydrogen-bond acceptors (Lipinski definition) is 2. The Hall–Kier alpha value is 0.660. The van der Waals surface area contributed by atoms with E-state index in [0.29, 0.717) is 0 Å². The van der Waals surface area contributed by atoms with Crippen LogP contribution in [0, 0.1) is 0 Å². The average Bonchev–Trinajstić information content (AvgIpc) is 2.26. The molecule has 0 unspecified atom stereocenters. The van der Waals surface area contributed by atoms with Gasteiger partial charge in [0.15, 0.2) is 0 Å². The van der Waals surface area contributed by atoms with Crippen LogP contribution >= 0.6 is 23.5 Å². The van der Waals surface area contributed by atoms with Crippen molar-refractivity contribution in [3.8, 4) is 0 Å². The summed E-state index contributed by atoms with van der Waals surface area (Å²) in [5, 5.41) is 0. The van der Waals surface area contributed by atoms with Crippen LogP contribution in [0.3, 0.4) is 0 Å². The van der Waals surface area contributed by atoms with Gasteiger partial charge in [-0.2, -0.15) is 23.5 Å². The zero-order chi connectivity index (χ0) is 10.3. The quantitative estimate of drug-likeness (QED) is 0.674. The van der Waals surface area contributed by atoms with Gasteiger partial charge in [-0.1, -0.05) is 0 Å². The Bertz CT molecular complexity index is 134. The molecule has 0 aromatic carbocycles. The molecule has 1 aliphatic rings. The van der Waals surface area contributed by atoms with Crippen molar-refractivity contribution in [3.05, 3.63) is 0 Å². The SMILES string of the molecule is CC[N+]1(CC)CCCSCCSCC1. The Balaban J connectivity index is 2.44. The van der Waals surface area contributed by atoms with Gasteiger partial charge >= 0.3 is 0 Å². The van der Waals surface area contributed by atoms with Gasteiger partial charge in [0.1, 0.15) is 0 Å². The Morgan fingerprint density at radius 2 is 1.50 bits per heavy atom. The molecule has 1 aliphatic heterocycles. The van der Waals surface area contributed by atoms with Gasteiger partial charge in [-0.05, 0) is 19.6 Å². The fraction of sp³-hybridized carbons (Fsp3) is 1.00. The molecule has 1 nitrogen and oxygen atoms in total. The van der Waals surface area contributed by atoms with Crippen molar-refractivity contribution >= 4 is 23.5 Å². The van der Waals surface area contributed by atoms with E-state index in [1.807, 2.05) is 0 Å². The number of nitrogens with zero attached hydrogens (tertiary/aromatic N) is 1. The molecule has 0 N–H and O–H groups in total. The molecule has 1 rings (SSSR count). The summed E-state index contributed by atoms with van der Waals surface area (Å²) in [6.07, 6.45) is 1.41. The summed E-state index contributed by atoms with van der Waals surface area (Å²) in [6.45, 7) is 10.1. The Morgan fingerprint density at radius 1 is 0.857 bits per heavy atom. The fourth-order valence-electron chi connectivity index (χ4n) is 2.05. The van der Waals surface area contributed by atoms with Crippen LogP contribution in [0.2, 0.25) is 0 Å². The lowest BCUT2D eigenvalue weighted by atomic mass is 10.3. The van der Waals surface area contributed by atoms with Gasteiger partial charge in [0.2, 0.25) is 0 Å². The number of hydrogen-bond donors (Lipinski definition) is 0. The van der Waals surface area contributed by atoms with E-state index in [1.165, 1.54) is 60.1 Å². The molecular weight excluding hydrogens is 210 g/mol. The molecule has 1 heterocycles. The van der Waals surface area contributed by atoms with Crippen molar-refractivity contribution in [2.75, 3.05) is 49.2 Å². The summed E-state index contributed by atoms with van der Waals surface area (Å²) in [5.74, 6) is 5.46. The van der Waals surface area contributed by atoms with Crippen LogP contribution in [0.25, 0.3) is 0 Å². The van der Waals surface area contributed by atoms with Gasteiger partial charge in [0, 0.05) is 23.7 Å². The predicted molar refractivity (Wildman–Crippen MR) is 70.3 cm³/mol. The van der Waals surface area contributed by atoms with Gasteiger partial charge in [-0.15, -0.1) is 0 Å². The monoisotopic (exact) mass is 234 g/mol. The molecule has 14 heavy (non-hydrogen) atoms. The molecule has 0 atom stereocenters. The van der Waals surface area contributed by atoms with Gasteiger partial charge in [0.05, 0.1) is 26.2 Å². The van der Waals surface area contributed by atoms with Crippen molar-refractivity contribution in [2.45, 2.75) is 20.3 Å². The molecule has 0 radical (unpaired) electrons. The van der Waals surface area contributed by atoms with E-state index in [2.05, 4.69) is 37.4 Å². The lowest BCUT2D eigenvalue weighted by molar-refractivity contribution is -0.922. The summed E-state index contributed by atoms with van der Waals surface area (Å²) >= 11 is 4.29. The first-order valence-corrected chi connectivity index (χ1v) is 8.14. The van der Waals surface area contributed by atoms with Crippen LogP contribution < -0.4 is 0 Å². The zero-order valence-electron chi connectivity index (χ0n) is 9.63. The second-order valence-electron chi connectivity index (χ2n) is 4.00. The highest BCUT2D eigenvalue weighted by molar-refractivity contribution is 8.02. The lowest BCUT2D eigenvalue weighted by Crippen LogP contribution is -2.50. The highest BCUT2D eigenvalue weighted by Crippen LogP contribution is 2.16. The van der Waals surface area contributed by atoms with Gasteiger partial charge in [-0.3, -0.25) is 0 Å². The first kappa shape index (κ1) is 12.7. The van der Waals surface area contributed by atoms with E-state index in [9.17, 15) is 0 Å². The van der Waals surface area contributed by atoms with E-state index in [4.69, 9.17) is 0 Å². The molecule has 0 saturated carbocycles. The molecule has 1 saturated heterocycles. The average molecular weight is 234 g/mol. The fourth-order valence-corrected chi connectivity index (χ4v) is 4.25. The molecule has 0 aromatic heterocycles. The summed E-state index contributed by atoms with van der Waals surface area (Å²) in [4.78, 5) is 0. The van der Waals surface area contributed by atoms with E-state index in [-0.39, 0.29) is 0 Å². The van der Waals surface area contributed by atoms with Crippen molar-refractivity contribution in [3.63, 3.8) is 0 Å². The maximum absolute atomic E-state index is 2.35. The van der Waals surface area contributed by atoms with Crippen molar-refractivity contribution in [1.82, 2.24) is 0 Å². The summed E-state index contributed by atoms with van der Waals surface area (Å²) in [7, 11) is 0. The minimum absolute atomic E-state index is 1.32. The Labute approximate surface area is 97.6 Å². The summed E-state index contributed by atoms with van der Waals surface area (Å²) < 4.78 is 1.35. The largest absolute Gasteiger partial charge is 0.323 e. The van der Waals surface area contributed by atoms with Crippen LogP contribution in [-0.2, 0) is 0 Å². The molecule has 0 aliphatic carbocycles. The molecule has 0 spiro atoms. The molecule has 0 amide bonds. The molecule has 3 heteroatoms. The lowest BCUT2D eigenvalue weighted by Gasteiger charge is -2.37. The third-order valence-electron chi connectivity index (χ3n) is 3.34. The molecule has 84 valence electrons. The van der Waals surface area contributed by atoms with Crippen molar-refractivity contribution in [1.29, 1.82) is 0 Å². The van der Waals surface area contributed by atoms with Crippen LogP contribution in [0.4, 0.5) is 0 Å².